The van der Waals surface area contributed by atoms with E-state index in [1.165, 1.54) is 23.1 Å². The van der Waals surface area contributed by atoms with Crippen molar-refractivity contribution in [1.29, 1.82) is 0 Å². The number of benzene rings is 2. The summed E-state index contributed by atoms with van der Waals surface area (Å²) in [7, 11) is 0. The van der Waals surface area contributed by atoms with Crippen LogP contribution >= 0.6 is 23.2 Å². The summed E-state index contributed by atoms with van der Waals surface area (Å²) in [6.07, 6.45) is -0.384. The maximum absolute atomic E-state index is 13.4. The summed E-state index contributed by atoms with van der Waals surface area (Å²) in [6.45, 7) is 7.13. The van der Waals surface area contributed by atoms with Gasteiger partial charge in [-0.3, -0.25) is 4.79 Å². The van der Waals surface area contributed by atoms with Crippen molar-refractivity contribution in [1.82, 2.24) is 4.90 Å². The van der Waals surface area contributed by atoms with Gasteiger partial charge in [0.2, 0.25) is 0 Å². The zero-order valence-electron chi connectivity index (χ0n) is 14.6. The predicted octanol–water partition coefficient (Wildman–Crippen LogP) is 4.06. The molecule has 8 heteroatoms. The highest BCUT2D eigenvalue weighted by Crippen LogP contribution is 2.43. The van der Waals surface area contributed by atoms with Gasteiger partial charge in [0.1, 0.15) is 5.54 Å². The average Bonchev–Trinajstić information content (AvgIpc) is 3.07. The summed E-state index contributed by atoms with van der Waals surface area (Å²) in [6, 6.07) is 10.9. The predicted molar refractivity (Wildman–Crippen MR) is 106 cm³/mol. The molecule has 0 radical (unpaired) electrons. The molecule has 142 valence electrons. The quantitative estimate of drug-likeness (QED) is 0.607. The van der Waals surface area contributed by atoms with Crippen LogP contribution in [0.5, 0.6) is 0 Å². The number of nitrogens with zero attached hydrogens (tertiary/aromatic N) is 3. The molecule has 0 aliphatic carbocycles. The highest BCUT2D eigenvalue weighted by Gasteiger charge is 2.62. The first-order valence-electron chi connectivity index (χ1n) is 8.61. The number of aliphatic hydroxyl groups excluding tert-OH is 1. The van der Waals surface area contributed by atoms with Crippen molar-refractivity contribution in [2.24, 2.45) is 0 Å². The van der Waals surface area contributed by atoms with Gasteiger partial charge in [-0.25, -0.2) is 14.5 Å². The van der Waals surface area contributed by atoms with E-state index in [1.807, 2.05) is 0 Å². The van der Waals surface area contributed by atoms with Crippen LogP contribution in [0, 0.1) is 6.57 Å². The molecule has 6 nitrogen and oxygen atoms in total. The second-order valence-electron chi connectivity index (χ2n) is 7.01. The number of β-amino-alcohol motifs (C(OH)–C–C–N with tert-alkyl or cyclic N) is 1. The summed E-state index contributed by atoms with van der Waals surface area (Å²) in [5.74, 6) is -0.415. The van der Waals surface area contributed by atoms with Crippen LogP contribution in [-0.4, -0.2) is 40.1 Å². The normalized spacial score (nSPS) is 23.9. The summed E-state index contributed by atoms with van der Waals surface area (Å²) in [5.41, 5.74) is 0.427. The molecule has 2 fully saturated rings. The Labute approximate surface area is 171 Å². The standard InChI is InChI=1S/C20H15Cl2N3O3/c1-23-15-4-2-12(3-5-15)9-20-10-17(26)11-24(20)19(28)25(18(20)27)16-7-13(21)6-14(22)8-16/h2-8,17,26H,9-11H2/t17-,20+/m1/s1. The van der Waals surface area contributed by atoms with E-state index in [9.17, 15) is 14.7 Å². The lowest BCUT2D eigenvalue weighted by atomic mass is 9.87. The summed E-state index contributed by atoms with van der Waals surface area (Å²) >= 11 is 12.1. The van der Waals surface area contributed by atoms with Crippen LogP contribution in [0.25, 0.3) is 4.85 Å². The Bertz CT molecular complexity index is 998. The van der Waals surface area contributed by atoms with Gasteiger partial charge in [-0.15, -0.1) is 0 Å². The zero-order chi connectivity index (χ0) is 20.1. The molecule has 0 unspecified atom stereocenters. The van der Waals surface area contributed by atoms with E-state index >= 15 is 0 Å². The number of hydrogen-bond donors (Lipinski definition) is 1. The van der Waals surface area contributed by atoms with Gasteiger partial charge in [0.25, 0.3) is 5.91 Å². The van der Waals surface area contributed by atoms with Crippen LogP contribution in [0.2, 0.25) is 10.0 Å². The van der Waals surface area contributed by atoms with Gasteiger partial charge in [0.05, 0.1) is 18.4 Å². The fourth-order valence-electron chi connectivity index (χ4n) is 3.99. The molecule has 2 aliphatic heterocycles. The molecule has 28 heavy (non-hydrogen) atoms. The first-order valence-corrected chi connectivity index (χ1v) is 9.36. The second kappa shape index (κ2) is 6.78. The largest absolute Gasteiger partial charge is 0.391 e. The highest BCUT2D eigenvalue weighted by molar-refractivity contribution is 6.35. The van der Waals surface area contributed by atoms with Gasteiger partial charge in [0, 0.05) is 29.4 Å². The molecule has 2 heterocycles. The molecule has 1 N–H and O–H groups in total. The number of amides is 3. The summed E-state index contributed by atoms with van der Waals surface area (Å²) < 4.78 is 0. The number of aliphatic hydroxyl groups is 1. The zero-order valence-corrected chi connectivity index (χ0v) is 16.1. The molecule has 0 spiro atoms. The van der Waals surface area contributed by atoms with E-state index in [2.05, 4.69) is 4.85 Å². The summed E-state index contributed by atoms with van der Waals surface area (Å²) in [4.78, 5) is 32.4. The van der Waals surface area contributed by atoms with E-state index < -0.39 is 23.6 Å². The smallest absolute Gasteiger partial charge is 0.332 e. The minimum atomic E-state index is -1.18. The topological polar surface area (TPSA) is 65.2 Å². The molecular formula is C20H15Cl2N3O3. The maximum Gasteiger partial charge on any atom is 0.332 e. The average molecular weight is 416 g/mol. The molecule has 0 saturated carbocycles. The second-order valence-corrected chi connectivity index (χ2v) is 7.88. The lowest BCUT2D eigenvalue weighted by Crippen LogP contribution is -2.47. The van der Waals surface area contributed by atoms with Gasteiger partial charge >= 0.3 is 6.03 Å². The van der Waals surface area contributed by atoms with E-state index in [1.54, 1.807) is 24.3 Å². The van der Waals surface area contributed by atoms with Gasteiger partial charge < -0.3 is 10.0 Å². The number of carbonyl (C=O) groups is 2. The Balaban J connectivity index is 1.74. The molecule has 0 aromatic heterocycles. The van der Waals surface area contributed by atoms with E-state index in [0.717, 1.165) is 10.5 Å². The van der Waals surface area contributed by atoms with Crippen LogP contribution < -0.4 is 4.90 Å². The van der Waals surface area contributed by atoms with Crippen LogP contribution in [0.1, 0.15) is 12.0 Å². The van der Waals surface area contributed by atoms with Crippen LogP contribution in [0.15, 0.2) is 42.5 Å². The Kier molecular flexibility index (Phi) is 4.54. The Morgan fingerprint density at radius 3 is 2.39 bits per heavy atom. The minimum absolute atomic E-state index is 0.0789. The number of rotatable bonds is 3. The van der Waals surface area contributed by atoms with Crippen molar-refractivity contribution in [2.75, 3.05) is 11.4 Å². The van der Waals surface area contributed by atoms with Crippen LogP contribution in [0.4, 0.5) is 16.2 Å². The number of halogens is 2. The highest BCUT2D eigenvalue weighted by atomic mass is 35.5. The van der Waals surface area contributed by atoms with Gasteiger partial charge in [-0.2, -0.15) is 0 Å². The Hall–Kier alpha value is -2.59. The van der Waals surface area contributed by atoms with Crippen molar-refractivity contribution in [2.45, 2.75) is 24.5 Å². The van der Waals surface area contributed by atoms with Crippen molar-refractivity contribution < 1.29 is 14.7 Å². The third-order valence-electron chi connectivity index (χ3n) is 5.17. The molecule has 2 aromatic rings. The monoisotopic (exact) mass is 415 g/mol. The molecule has 0 bridgehead atoms. The number of anilines is 1. The van der Waals surface area contributed by atoms with Gasteiger partial charge in [0.15, 0.2) is 5.69 Å². The first kappa shape index (κ1) is 18.8. The Morgan fingerprint density at radius 1 is 1.14 bits per heavy atom. The molecular weight excluding hydrogens is 401 g/mol. The molecule has 2 aliphatic rings. The molecule has 2 saturated heterocycles. The van der Waals surface area contributed by atoms with Gasteiger partial charge in [-0.1, -0.05) is 47.5 Å². The number of imide groups is 1. The number of urea groups is 1. The Morgan fingerprint density at radius 2 is 1.79 bits per heavy atom. The van der Waals surface area contributed by atoms with Crippen molar-refractivity contribution >= 4 is 46.5 Å². The van der Waals surface area contributed by atoms with E-state index in [4.69, 9.17) is 29.8 Å². The maximum atomic E-state index is 13.4. The van der Waals surface area contributed by atoms with E-state index in [0.29, 0.717) is 21.4 Å². The summed E-state index contributed by atoms with van der Waals surface area (Å²) in [5, 5.41) is 10.8. The SMILES string of the molecule is [C-]#[N+]c1ccc(C[C@@]23C[C@@H](O)CN2C(=O)N(c2cc(Cl)cc(Cl)c2)C3=O)cc1. The van der Waals surface area contributed by atoms with Crippen molar-refractivity contribution in [3.05, 3.63) is 69.5 Å². The van der Waals surface area contributed by atoms with Crippen LogP contribution in [-0.2, 0) is 11.2 Å². The molecule has 2 atom stereocenters. The van der Waals surface area contributed by atoms with E-state index in [-0.39, 0.29) is 19.4 Å². The molecule has 4 rings (SSSR count). The molecule has 2 aromatic carbocycles. The lowest BCUT2D eigenvalue weighted by molar-refractivity contribution is -0.124. The van der Waals surface area contributed by atoms with Crippen molar-refractivity contribution in [3.8, 4) is 0 Å². The molecule has 3 amide bonds. The number of fused-ring (bicyclic) bond motifs is 1. The van der Waals surface area contributed by atoms with Gasteiger partial charge in [-0.05, 0) is 23.8 Å². The van der Waals surface area contributed by atoms with Crippen LogP contribution in [0.3, 0.4) is 0 Å². The number of carbonyl (C=O) groups excluding carboxylic acids is 2. The number of hydrogen-bond acceptors (Lipinski definition) is 3. The van der Waals surface area contributed by atoms with Crippen molar-refractivity contribution in [3.63, 3.8) is 0 Å². The first-order chi connectivity index (χ1) is 13.3. The minimum Gasteiger partial charge on any atom is -0.391 e. The fourth-order valence-corrected chi connectivity index (χ4v) is 4.51. The third-order valence-corrected chi connectivity index (χ3v) is 5.61. The lowest BCUT2D eigenvalue weighted by Gasteiger charge is -2.28. The fraction of sp³-hybridized carbons (Fsp3) is 0.250. The third kappa shape index (κ3) is 2.92.